The summed E-state index contributed by atoms with van der Waals surface area (Å²) < 4.78 is 16.3. The van der Waals surface area contributed by atoms with Crippen LogP contribution in [0.4, 0.5) is 5.69 Å². The first-order valence-electron chi connectivity index (χ1n) is 8.26. The van der Waals surface area contributed by atoms with Gasteiger partial charge in [-0.15, -0.1) is 0 Å². The van der Waals surface area contributed by atoms with Crippen molar-refractivity contribution in [2.24, 2.45) is 0 Å². The number of hydrogen-bond acceptors (Lipinski definition) is 5. The summed E-state index contributed by atoms with van der Waals surface area (Å²) in [6.07, 6.45) is 0.418. The highest BCUT2D eigenvalue weighted by molar-refractivity contribution is 7.98. The Bertz CT molecular complexity index is 784. The molecular formula is C19H20ClNO4S. The van der Waals surface area contributed by atoms with Gasteiger partial charge in [-0.3, -0.25) is 4.79 Å². The number of rotatable bonds is 7. The van der Waals surface area contributed by atoms with Crippen LogP contribution >= 0.6 is 23.4 Å². The molecule has 7 heteroatoms. The van der Waals surface area contributed by atoms with Gasteiger partial charge >= 0.3 is 0 Å². The molecule has 5 nitrogen and oxygen atoms in total. The van der Waals surface area contributed by atoms with Crippen molar-refractivity contribution < 1.29 is 19.0 Å². The molecule has 0 spiro atoms. The van der Waals surface area contributed by atoms with Crippen LogP contribution in [-0.2, 0) is 10.5 Å². The molecule has 0 saturated carbocycles. The minimum absolute atomic E-state index is 0.0396. The van der Waals surface area contributed by atoms with Gasteiger partial charge in [0.2, 0.25) is 5.91 Å². The fourth-order valence-electron chi connectivity index (χ4n) is 2.56. The Kier molecular flexibility index (Phi) is 6.52. The third-order valence-corrected chi connectivity index (χ3v) is 5.09. The molecule has 0 radical (unpaired) electrons. The van der Waals surface area contributed by atoms with Crippen molar-refractivity contribution in [2.45, 2.75) is 12.2 Å². The molecule has 1 amide bonds. The maximum atomic E-state index is 12.1. The fraction of sp³-hybridized carbons (Fsp3) is 0.316. The van der Waals surface area contributed by atoms with Crippen molar-refractivity contribution in [1.29, 1.82) is 0 Å². The minimum atomic E-state index is -0.0396. The Hall–Kier alpha value is -2.05. The molecule has 1 heterocycles. The van der Waals surface area contributed by atoms with Crippen LogP contribution in [0, 0.1) is 0 Å². The molecule has 0 aromatic heterocycles. The summed E-state index contributed by atoms with van der Waals surface area (Å²) in [7, 11) is 1.58. The maximum absolute atomic E-state index is 12.1. The molecule has 0 aliphatic carbocycles. The molecule has 26 heavy (non-hydrogen) atoms. The topological polar surface area (TPSA) is 56.8 Å². The van der Waals surface area contributed by atoms with Crippen molar-refractivity contribution in [3.8, 4) is 17.2 Å². The Morgan fingerprint density at radius 1 is 1.27 bits per heavy atom. The minimum Gasteiger partial charge on any atom is -0.495 e. The third-order valence-electron chi connectivity index (χ3n) is 3.78. The molecule has 2 aromatic rings. The van der Waals surface area contributed by atoms with E-state index in [2.05, 4.69) is 5.32 Å². The Morgan fingerprint density at radius 2 is 2.08 bits per heavy atom. The number of fused-ring (bicyclic) bond motifs is 1. The van der Waals surface area contributed by atoms with Crippen molar-refractivity contribution >= 4 is 35.0 Å². The predicted molar refractivity (Wildman–Crippen MR) is 105 cm³/mol. The van der Waals surface area contributed by atoms with Crippen LogP contribution in [0.3, 0.4) is 0 Å². The van der Waals surface area contributed by atoms with Gasteiger partial charge in [0.25, 0.3) is 0 Å². The molecule has 1 aliphatic heterocycles. The molecule has 0 unspecified atom stereocenters. The average molecular weight is 394 g/mol. The second kappa shape index (κ2) is 9.05. The van der Waals surface area contributed by atoms with Crippen LogP contribution in [-0.4, -0.2) is 32.0 Å². The van der Waals surface area contributed by atoms with Gasteiger partial charge in [0.1, 0.15) is 19.0 Å². The second-order valence-electron chi connectivity index (χ2n) is 5.65. The molecule has 3 rings (SSSR count). The number of methoxy groups -OCH3 is 1. The zero-order valence-corrected chi connectivity index (χ0v) is 16.0. The summed E-state index contributed by atoms with van der Waals surface area (Å²) in [6, 6.07) is 11.2. The highest BCUT2D eigenvalue weighted by Crippen LogP contribution is 2.39. The molecule has 0 fully saturated rings. The number of amides is 1. The van der Waals surface area contributed by atoms with E-state index in [1.807, 2.05) is 36.4 Å². The fourth-order valence-corrected chi connectivity index (χ4v) is 3.73. The summed E-state index contributed by atoms with van der Waals surface area (Å²) in [5, 5.41) is 3.44. The Morgan fingerprint density at radius 3 is 2.92 bits per heavy atom. The van der Waals surface area contributed by atoms with E-state index in [0.717, 1.165) is 11.3 Å². The van der Waals surface area contributed by atoms with Crippen molar-refractivity contribution in [3.05, 3.63) is 47.0 Å². The van der Waals surface area contributed by atoms with E-state index in [4.69, 9.17) is 25.8 Å². The molecule has 0 bridgehead atoms. The number of carbonyl (C=O) groups excluding carboxylic acids is 1. The Balaban J connectivity index is 1.47. The number of carbonyl (C=O) groups is 1. The molecule has 0 saturated heterocycles. The number of ether oxygens (including phenoxy) is 3. The van der Waals surface area contributed by atoms with Gasteiger partial charge in [0.05, 0.1) is 17.8 Å². The van der Waals surface area contributed by atoms with Crippen LogP contribution in [0.2, 0.25) is 5.02 Å². The number of halogens is 1. The number of thioether (sulfide) groups is 1. The third kappa shape index (κ3) is 4.77. The standard InChI is InChI=1S/C19H20ClNO4S/c1-23-16-5-3-2-4-15(16)21-18(22)6-9-26-12-13-10-14(20)19-17(11-13)24-7-8-25-19/h2-5,10-11H,6-9,12H2,1H3,(H,21,22). The summed E-state index contributed by atoms with van der Waals surface area (Å²) in [4.78, 5) is 12.1. The lowest BCUT2D eigenvalue weighted by Gasteiger charge is -2.20. The molecule has 2 aromatic carbocycles. The predicted octanol–water partition coefficient (Wildman–Crippen LogP) is 4.38. The number of para-hydroxylation sites is 2. The number of nitrogens with one attached hydrogen (secondary N) is 1. The number of hydrogen-bond donors (Lipinski definition) is 1. The van der Waals surface area contributed by atoms with Crippen molar-refractivity contribution in [2.75, 3.05) is 31.4 Å². The van der Waals surface area contributed by atoms with Gasteiger partial charge in [0, 0.05) is 17.9 Å². The van der Waals surface area contributed by atoms with E-state index < -0.39 is 0 Å². The lowest BCUT2D eigenvalue weighted by atomic mass is 10.2. The maximum Gasteiger partial charge on any atom is 0.225 e. The van der Waals surface area contributed by atoms with Crippen molar-refractivity contribution in [3.63, 3.8) is 0 Å². The first kappa shape index (κ1) is 18.7. The van der Waals surface area contributed by atoms with E-state index in [0.29, 0.717) is 53.3 Å². The van der Waals surface area contributed by atoms with Gasteiger partial charge < -0.3 is 19.5 Å². The quantitative estimate of drug-likeness (QED) is 0.707. The molecule has 1 aliphatic rings. The highest BCUT2D eigenvalue weighted by atomic mass is 35.5. The highest BCUT2D eigenvalue weighted by Gasteiger charge is 2.16. The normalized spacial score (nSPS) is 12.5. The molecule has 1 N–H and O–H groups in total. The van der Waals surface area contributed by atoms with Gasteiger partial charge in [-0.1, -0.05) is 23.7 Å². The average Bonchev–Trinajstić information content (AvgIpc) is 2.66. The summed E-state index contributed by atoms with van der Waals surface area (Å²) in [5.41, 5.74) is 1.73. The number of anilines is 1. The van der Waals surface area contributed by atoms with Crippen LogP contribution < -0.4 is 19.5 Å². The largest absolute Gasteiger partial charge is 0.495 e. The van der Waals surface area contributed by atoms with Crippen LogP contribution in [0.15, 0.2) is 36.4 Å². The lowest BCUT2D eigenvalue weighted by molar-refractivity contribution is -0.115. The number of benzene rings is 2. The van der Waals surface area contributed by atoms with Gasteiger partial charge in [-0.2, -0.15) is 11.8 Å². The van der Waals surface area contributed by atoms with Gasteiger partial charge in [0.15, 0.2) is 11.5 Å². The van der Waals surface area contributed by atoms with E-state index in [-0.39, 0.29) is 5.91 Å². The monoisotopic (exact) mass is 393 g/mol. The SMILES string of the molecule is COc1ccccc1NC(=O)CCSCc1cc(Cl)c2c(c1)OCCO2. The molecule has 0 atom stereocenters. The van der Waals surface area contributed by atoms with Crippen LogP contribution in [0.5, 0.6) is 17.2 Å². The molecular weight excluding hydrogens is 374 g/mol. The smallest absolute Gasteiger partial charge is 0.225 e. The van der Waals surface area contributed by atoms with Crippen LogP contribution in [0.1, 0.15) is 12.0 Å². The van der Waals surface area contributed by atoms with E-state index in [1.54, 1.807) is 18.9 Å². The molecule has 138 valence electrons. The van der Waals surface area contributed by atoms with Gasteiger partial charge in [-0.25, -0.2) is 0 Å². The van der Waals surface area contributed by atoms with E-state index in [9.17, 15) is 4.79 Å². The summed E-state index contributed by atoms with van der Waals surface area (Å²) in [6.45, 7) is 1.05. The van der Waals surface area contributed by atoms with E-state index in [1.165, 1.54) is 0 Å². The summed E-state index contributed by atoms with van der Waals surface area (Å²) >= 11 is 7.91. The first-order valence-corrected chi connectivity index (χ1v) is 9.79. The van der Waals surface area contributed by atoms with Crippen LogP contribution in [0.25, 0.3) is 0 Å². The van der Waals surface area contributed by atoms with E-state index >= 15 is 0 Å². The van der Waals surface area contributed by atoms with Gasteiger partial charge in [-0.05, 0) is 29.8 Å². The Labute approximate surface area is 162 Å². The summed E-state index contributed by atoms with van der Waals surface area (Å²) in [5.74, 6) is 3.36. The second-order valence-corrected chi connectivity index (χ2v) is 7.17. The lowest BCUT2D eigenvalue weighted by Crippen LogP contribution is -2.15. The zero-order chi connectivity index (χ0) is 18.4. The zero-order valence-electron chi connectivity index (χ0n) is 14.4. The first-order chi connectivity index (χ1) is 12.7. The van der Waals surface area contributed by atoms with Crippen molar-refractivity contribution in [1.82, 2.24) is 0 Å².